The van der Waals surface area contributed by atoms with Crippen molar-refractivity contribution in [3.05, 3.63) is 65.7 Å². The Bertz CT molecular complexity index is 847. The highest BCUT2D eigenvalue weighted by Crippen LogP contribution is 2.18. The number of aryl methyl sites for hydroxylation is 1. The molecule has 3 rings (SSSR count). The number of ether oxygens (including phenoxy) is 1. The highest BCUT2D eigenvalue weighted by Gasteiger charge is 2.28. The molecule has 1 aliphatic rings. The van der Waals surface area contributed by atoms with Crippen molar-refractivity contribution in [2.45, 2.75) is 64.5 Å². The lowest BCUT2D eigenvalue weighted by molar-refractivity contribution is -0.141. The highest BCUT2D eigenvalue weighted by molar-refractivity contribution is 5.88. The van der Waals surface area contributed by atoms with Crippen molar-refractivity contribution in [2.75, 3.05) is 13.2 Å². The summed E-state index contributed by atoms with van der Waals surface area (Å²) in [7, 11) is 0. The third-order valence-corrected chi connectivity index (χ3v) is 5.95. The Morgan fingerprint density at radius 2 is 1.81 bits per heavy atom. The van der Waals surface area contributed by atoms with Gasteiger partial charge in [-0.15, -0.1) is 0 Å². The van der Waals surface area contributed by atoms with Gasteiger partial charge in [-0.2, -0.15) is 0 Å². The van der Waals surface area contributed by atoms with Crippen molar-refractivity contribution in [3.63, 3.8) is 0 Å². The molecule has 0 unspecified atom stereocenters. The number of carbonyl (C=O) groups is 2. The average molecular weight is 423 g/mol. The smallest absolute Gasteiger partial charge is 0.261 e. The Kier molecular flexibility index (Phi) is 8.51. The topological polar surface area (TPSA) is 58.6 Å². The van der Waals surface area contributed by atoms with Gasteiger partial charge in [0.25, 0.3) is 5.91 Å². The van der Waals surface area contributed by atoms with Gasteiger partial charge in [-0.05, 0) is 56.4 Å². The van der Waals surface area contributed by atoms with Crippen LogP contribution in [0, 0.1) is 6.92 Å². The van der Waals surface area contributed by atoms with Crippen LogP contribution in [0.25, 0.3) is 0 Å². The molecule has 0 aromatic heterocycles. The fourth-order valence-corrected chi connectivity index (χ4v) is 4.07. The van der Waals surface area contributed by atoms with Crippen molar-refractivity contribution in [2.24, 2.45) is 0 Å². The summed E-state index contributed by atoms with van der Waals surface area (Å²) in [5.74, 6) is 0.406. The largest absolute Gasteiger partial charge is 0.484 e. The molecule has 1 N–H and O–H groups in total. The summed E-state index contributed by atoms with van der Waals surface area (Å²) in [5, 5.41) is 3.16. The predicted octanol–water partition coefficient (Wildman–Crippen LogP) is 4.28. The third-order valence-electron chi connectivity index (χ3n) is 5.95. The number of hydrogen-bond acceptors (Lipinski definition) is 3. The Balaban J connectivity index is 1.64. The van der Waals surface area contributed by atoms with Gasteiger partial charge >= 0.3 is 0 Å². The summed E-state index contributed by atoms with van der Waals surface area (Å²) >= 11 is 0. The highest BCUT2D eigenvalue weighted by atomic mass is 16.5. The van der Waals surface area contributed by atoms with Crippen LogP contribution in [0.1, 0.15) is 50.2 Å². The molecule has 1 fully saturated rings. The predicted molar refractivity (Wildman–Crippen MR) is 123 cm³/mol. The van der Waals surface area contributed by atoms with E-state index in [1.165, 1.54) is 6.42 Å². The van der Waals surface area contributed by atoms with E-state index in [1.54, 1.807) is 4.90 Å². The molecule has 1 saturated carbocycles. The number of nitrogens with one attached hydrogen (secondary N) is 1. The van der Waals surface area contributed by atoms with Gasteiger partial charge in [0.2, 0.25) is 5.91 Å². The molecule has 1 aliphatic carbocycles. The summed E-state index contributed by atoms with van der Waals surface area (Å²) < 4.78 is 5.74. The van der Waals surface area contributed by atoms with E-state index in [4.69, 9.17) is 4.74 Å². The third kappa shape index (κ3) is 7.12. The molecule has 0 radical (unpaired) electrons. The Labute approximate surface area is 185 Å². The van der Waals surface area contributed by atoms with Gasteiger partial charge in [-0.1, -0.05) is 61.7 Å². The first-order chi connectivity index (χ1) is 15.0. The SMILES string of the molecule is Cc1cccc(OCC(=O)N(CCc2ccccc2)[C@@H](C)C(=O)NC2CCCCC2)c1. The lowest BCUT2D eigenvalue weighted by atomic mass is 9.95. The fraction of sp³-hybridized carbons (Fsp3) is 0.462. The second-order valence-corrected chi connectivity index (χ2v) is 8.45. The van der Waals surface area contributed by atoms with Crippen LogP contribution in [-0.4, -0.2) is 41.9 Å². The number of amides is 2. The van der Waals surface area contributed by atoms with Crippen LogP contribution in [0.2, 0.25) is 0 Å². The minimum absolute atomic E-state index is 0.0798. The summed E-state index contributed by atoms with van der Waals surface area (Å²) in [4.78, 5) is 27.7. The van der Waals surface area contributed by atoms with E-state index in [0.29, 0.717) is 18.7 Å². The Morgan fingerprint density at radius 3 is 2.52 bits per heavy atom. The first-order valence-corrected chi connectivity index (χ1v) is 11.4. The molecule has 0 heterocycles. The standard InChI is InChI=1S/C26H34N2O3/c1-20-10-9-15-24(18-20)31-19-25(29)28(17-16-22-11-5-3-6-12-22)21(2)26(30)27-23-13-7-4-8-14-23/h3,5-6,9-12,15,18,21,23H,4,7-8,13-14,16-17,19H2,1-2H3,(H,27,30)/t21-/m0/s1. The molecule has 5 nitrogen and oxygen atoms in total. The molecule has 2 aromatic carbocycles. The van der Waals surface area contributed by atoms with Gasteiger partial charge in [0.15, 0.2) is 6.61 Å². The first-order valence-electron chi connectivity index (χ1n) is 11.4. The monoisotopic (exact) mass is 422 g/mol. The van der Waals surface area contributed by atoms with Gasteiger partial charge in [-0.25, -0.2) is 0 Å². The second kappa shape index (κ2) is 11.5. The first kappa shape index (κ1) is 22.9. The lowest BCUT2D eigenvalue weighted by Gasteiger charge is -2.31. The van der Waals surface area contributed by atoms with Crippen LogP contribution in [0.5, 0.6) is 5.75 Å². The van der Waals surface area contributed by atoms with Crippen LogP contribution < -0.4 is 10.1 Å². The molecular weight excluding hydrogens is 388 g/mol. The second-order valence-electron chi connectivity index (χ2n) is 8.45. The van der Waals surface area contributed by atoms with Crippen LogP contribution in [0.15, 0.2) is 54.6 Å². The zero-order valence-corrected chi connectivity index (χ0v) is 18.7. The normalized spacial score (nSPS) is 15.2. The van der Waals surface area contributed by atoms with Crippen LogP contribution >= 0.6 is 0 Å². The van der Waals surface area contributed by atoms with Crippen molar-refractivity contribution in [1.29, 1.82) is 0 Å². The molecular formula is C26H34N2O3. The zero-order valence-electron chi connectivity index (χ0n) is 18.7. The number of hydrogen-bond donors (Lipinski definition) is 1. The molecule has 2 aromatic rings. The summed E-state index contributed by atoms with van der Waals surface area (Å²) in [6.07, 6.45) is 6.28. The van der Waals surface area contributed by atoms with Crippen molar-refractivity contribution in [3.8, 4) is 5.75 Å². The maximum Gasteiger partial charge on any atom is 0.261 e. The molecule has 5 heteroatoms. The zero-order chi connectivity index (χ0) is 22.1. The maximum atomic E-state index is 13.1. The molecule has 0 bridgehead atoms. The van der Waals surface area contributed by atoms with E-state index in [1.807, 2.05) is 68.4 Å². The van der Waals surface area contributed by atoms with E-state index in [-0.39, 0.29) is 24.5 Å². The minimum atomic E-state index is -0.542. The van der Waals surface area contributed by atoms with E-state index < -0.39 is 6.04 Å². The Morgan fingerprint density at radius 1 is 1.06 bits per heavy atom. The van der Waals surface area contributed by atoms with Gasteiger partial charge in [0.05, 0.1) is 0 Å². The van der Waals surface area contributed by atoms with E-state index >= 15 is 0 Å². The molecule has 31 heavy (non-hydrogen) atoms. The van der Waals surface area contributed by atoms with E-state index in [9.17, 15) is 9.59 Å². The van der Waals surface area contributed by atoms with Crippen molar-refractivity contribution in [1.82, 2.24) is 10.2 Å². The number of nitrogens with zero attached hydrogens (tertiary/aromatic N) is 1. The van der Waals surface area contributed by atoms with E-state index in [0.717, 1.165) is 36.8 Å². The fourth-order valence-electron chi connectivity index (χ4n) is 4.07. The summed E-state index contributed by atoms with van der Waals surface area (Å²) in [6, 6.07) is 17.3. The lowest BCUT2D eigenvalue weighted by Crippen LogP contribution is -2.52. The molecule has 2 amide bonds. The van der Waals surface area contributed by atoms with Crippen LogP contribution in [0.4, 0.5) is 0 Å². The average Bonchev–Trinajstić information content (AvgIpc) is 2.79. The maximum absolute atomic E-state index is 13.1. The van der Waals surface area contributed by atoms with Crippen molar-refractivity contribution >= 4 is 11.8 Å². The van der Waals surface area contributed by atoms with Crippen LogP contribution in [0.3, 0.4) is 0 Å². The number of rotatable bonds is 9. The summed E-state index contributed by atoms with van der Waals surface area (Å²) in [6.45, 7) is 4.19. The van der Waals surface area contributed by atoms with Crippen molar-refractivity contribution < 1.29 is 14.3 Å². The molecule has 0 spiro atoms. The molecule has 0 aliphatic heterocycles. The van der Waals surface area contributed by atoms with Crippen LogP contribution in [-0.2, 0) is 16.0 Å². The number of carbonyl (C=O) groups excluding carboxylic acids is 2. The van der Waals surface area contributed by atoms with Gasteiger partial charge in [0, 0.05) is 12.6 Å². The summed E-state index contributed by atoms with van der Waals surface area (Å²) in [5.41, 5.74) is 2.21. The molecule has 1 atom stereocenters. The number of benzene rings is 2. The van der Waals surface area contributed by atoms with Gasteiger partial charge < -0.3 is 15.0 Å². The minimum Gasteiger partial charge on any atom is -0.484 e. The quantitative estimate of drug-likeness (QED) is 0.656. The molecule has 166 valence electrons. The molecule has 0 saturated heterocycles. The van der Waals surface area contributed by atoms with Gasteiger partial charge in [-0.3, -0.25) is 9.59 Å². The van der Waals surface area contributed by atoms with Gasteiger partial charge in [0.1, 0.15) is 11.8 Å². The van der Waals surface area contributed by atoms with E-state index in [2.05, 4.69) is 5.32 Å². The Hall–Kier alpha value is -2.82.